The lowest BCUT2D eigenvalue weighted by molar-refractivity contribution is -0.125. The van der Waals surface area contributed by atoms with Gasteiger partial charge in [0, 0.05) is 6.54 Å². The molecule has 2 aromatic carbocycles. The van der Waals surface area contributed by atoms with Gasteiger partial charge in [-0.2, -0.15) is 0 Å². The van der Waals surface area contributed by atoms with Crippen LogP contribution < -0.4 is 15.4 Å². The first-order valence-electron chi connectivity index (χ1n) is 11.5. The van der Waals surface area contributed by atoms with Crippen LogP contribution in [0.3, 0.4) is 0 Å². The Morgan fingerprint density at radius 3 is 2.56 bits per heavy atom. The van der Waals surface area contributed by atoms with Gasteiger partial charge in [0.05, 0.1) is 12.9 Å². The van der Waals surface area contributed by atoms with Crippen molar-refractivity contribution in [3.8, 4) is 5.75 Å². The average molecular weight is 491 g/mol. The van der Waals surface area contributed by atoms with Gasteiger partial charge in [-0.3, -0.25) is 9.36 Å². The number of ether oxygens (including phenoxy) is 2. The number of nitrogens with zero attached hydrogens (tertiary/aromatic N) is 4. The van der Waals surface area contributed by atoms with Gasteiger partial charge in [0.15, 0.2) is 29.8 Å². The van der Waals surface area contributed by atoms with Crippen molar-refractivity contribution in [2.75, 3.05) is 18.5 Å². The number of amides is 1. The van der Waals surface area contributed by atoms with E-state index in [1.807, 2.05) is 36.4 Å². The zero-order valence-corrected chi connectivity index (χ0v) is 19.3. The Hall–Kier alpha value is -4.06. The van der Waals surface area contributed by atoms with Gasteiger partial charge < -0.3 is 30.3 Å². The molecular formula is C25H26N6O5. The number of rotatable bonds is 9. The first-order chi connectivity index (χ1) is 17.6. The van der Waals surface area contributed by atoms with Gasteiger partial charge in [0.25, 0.3) is 5.91 Å². The van der Waals surface area contributed by atoms with Crippen molar-refractivity contribution in [1.29, 1.82) is 0 Å². The normalized spacial score (nSPS) is 21.4. The van der Waals surface area contributed by atoms with Crippen molar-refractivity contribution in [3.63, 3.8) is 0 Å². The van der Waals surface area contributed by atoms with Gasteiger partial charge in [-0.05, 0) is 17.7 Å². The van der Waals surface area contributed by atoms with E-state index >= 15 is 0 Å². The van der Waals surface area contributed by atoms with Crippen LogP contribution >= 0.6 is 0 Å². The van der Waals surface area contributed by atoms with Gasteiger partial charge in [-0.1, -0.05) is 48.5 Å². The lowest BCUT2D eigenvalue weighted by Crippen LogP contribution is -2.48. The number of para-hydroxylation sites is 1. The van der Waals surface area contributed by atoms with Crippen LogP contribution in [0.1, 0.15) is 11.8 Å². The smallest absolute Gasteiger partial charge is 0.258 e. The number of hydrogen-bond donors (Lipinski definition) is 4. The minimum absolute atomic E-state index is 0.246. The standard InChI is InChI=1S/C25H26N6O5/c32-12-18-22(34)20(30-19(33)13-35-17-9-5-2-6-10-17)25(36-18)31-15-29-21-23(27-14-28-24(21)31)26-11-16-7-3-1-4-8-16/h1-10,14-15,18,20,22,25,32,34H,11-13H2,(H,30,33)(H,26,27,28)/t18-,20-,22-,25-/m1/s1. The summed E-state index contributed by atoms with van der Waals surface area (Å²) in [5, 5.41) is 26.5. The predicted molar refractivity (Wildman–Crippen MR) is 130 cm³/mol. The van der Waals surface area contributed by atoms with Crippen LogP contribution in [0.5, 0.6) is 5.75 Å². The predicted octanol–water partition coefficient (Wildman–Crippen LogP) is 1.25. The van der Waals surface area contributed by atoms with Crippen molar-refractivity contribution in [2.24, 2.45) is 0 Å². The second-order valence-corrected chi connectivity index (χ2v) is 8.32. The molecule has 186 valence electrons. The third kappa shape index (κ3) is 4.98. The summed E-state index contributed by atoms with van der Waals surface area (Å²) in [6.07, 6.45) is 0.00838. The molecule has 36 heavy (non-hydrogen) atoms. The maximum Gasteiger partial charge on any atom is 0.258 e. The van der Waals surface area contributed by atoms with Gasteiger partial charge in [-0.15, -0.1) is 0 Å². The van der Waals surface area contributed by atoms with Crippen molar-refractivity contribution in [3.05, 3.63) is 78.9 Å². The highest BCUT2D eigenvalue weighted by molar-refractivity contribution is 5.83. The Morgan fingerprint density at radius 2 is 1.81 bits per heavy atom. The number of hydrogen-bond acceptors (Lipinski definition) is 9. The van der Waals surface area contributed by atoms with E-state index in [2.05, 4.69) is 25.6 Å². The van der Waals surface area contributed by atoms with Crippen molar-refractivity contribution in [1.82, 2.24) is 24.8 Å². The number of carbonyl (C=O) groups is 1. The van der Waals surface area contributed by atoms with Crippen LogP contribution in [-0.4, -0.2) is 67.1 Å². The van der Waals surface area contributed by atoms with Gasteiger partial charge in [0.2, 0.25) is 0 Å². The summed E-state index contributed by atoms with van der Waals surface area (Å²) < 4.78 is 13.0. The molecule has 3 heterocycles. The van der Waals surface area contributed by atoms with E-state index in [1.165, 1.54) is 12.7 Å². The fraction of sp³-hybridized carbons (Fsp3) is 0.280. The van der Waals surface area contributed by atoms with Crippen LogP contribution in [0, 0.1) is 0 Å². The van der Waals surface area contributed by atoms with E-state index in [0.717, 1.165) is 5.56 Å². The van der Waals surface area contributed by atoms with Crippen LogP contribution in [0.4, 0.5) is 5.82 Å². The largest absolute Gasteiger partial charge is 0.484 e. The monoisotopic (exact) mass is 490 g/mol. The topological polar surface area (TPSA) is 144 Å². The van der Waals surface area contributed by atoms with Crippen molar-refractivity contribution >= 4 is 22.9 Å². The van der Waals surface area contributed by atoms with Crippen LogP contribution in [-0.2, 0) is 16.1 Å². The molecule has 0 bridgehead atoms. The molecule has 1 aliphatic heterocycles. The molecule has 0 unspecified atom stereocenters. The highest BCUT2D eigenvalue weighted by atomic mass is 16.5. The number of aromatic nitrogens is 4. The van der Waals surface area contributed by atoms with E-state index in [1.54, 1.807) is 28.8 Å². The van der Waals surface area contributed by atoms with E-state index in [9.17, 15) is 15.0 Å². The minimum Gasteiger partial charge on any atom is -0.484 e. The third-order valence-corrected chi connectivity index (χ3v) is 5.93. The third-order valence-electron chi connectivity index (χ3n) is 5.93. The van der Waals surface area contributed by atoms with Crippen LogP contribution in [0.25, 0.3) is 11.2 Å². The van der Waals surface area contributed by atoms with Crippen molar-refractivity contribution in [2.45, 2.75) is 31.0 Å². The molecule has 0 radical (unpaired) electrons. The second kappa shape index (κ2) is 10.7. The minimum atomic E-state index is -1.16. The number of anilines is 1. The molecular weight excluding hydrogens is 464 g/mol. The molecule has 4 N–H and O–H groups in total. The molecule has 0 spiro atoms. The SMILES string of the molecule is O=C(COc1ccccc1)N[C@@H]1[C@H](O)[C@@H](CO)O[C@H]1n1cnc2c(NCc3ccccc3)ncnc21. The van der Waals surface area contributed by atoms with Crippen molar-refractivity contribution < 1.29 is 24.5 Å². The molecule has 2 aromatic heterocycles. The number of aliphatic hydroxyl groups excluding tert-OH is 2. The summed E-state index contributed by atoms with van der Waals surface area (Å²) >= 11 is 0. The summed E-state index contributed by atoms with van der Waals surface area (Å²) in [6, 6.07) is 17.9. The number of carbonyl (C=O) groups excluding carboxylic acids is 1. The molecule has 1 saturated heterocycles. The number of aliphatic hydroxyl groups is 2. The highest BCUT2D eigenvalue weighted by Gasteiger charge is 2.45. The molecule has 4 atom stereocenters. The zero-order chi connectivity index (χ0) is 24.9. The number of imidazole rings is 1. The molecule has 0 aliphatic carbocycles. The lowest BCUT2D eigenvalue weighted by Gasteiger charge is -2.23. The number of fused-ring (bicyclic) bond motifs is 1. The summed E-state index contributed by atoms with van der Waals surface area (Å²) in [4.78, 5) is 25.8. The van der Waals surface area contributed by atoms with E-state index in [4.69, 9.17) is 9.47 Å². The van der Waals surface area contributed by atoms with Crippen LogP contribution in [0.2, 0.25) is 0 Å². The molecule has 11 heteroatoms. The fourth-order valence-corrected chi connectivity index (χ4v) is 4.13. The Morgan fingerprint density at radius 1 is 1.06 bits per heavy atom. The molecule has 1 fully saturated rings. The zero-order valence-electron chi connectivity index (χ0n) is 19.3. The average Bonchev–Trinajstić information content (AvgIpc) is 3.48. The lowest BCUT2D eigenvalue weighted by atomic mass is 10.1. The maximum absolute atomic E-state index is 12.6. The van der Waals surface area contributed by atoms with Gasteiger partial charge >= 0.3 is 0 Å². The highest BCUT2D eigenvalue weighted by Crippen LogP contribution is 2.32. The van der Waals surface area contributed by atoms with E-state index < -0.39 is 37.0 Å². The number of benzene rings is 2. The Balaban J connectivity index is 1.34. The van der Waals surface area contributed by atoms with E-state index in [-0.39, 0.29) is 6.61 Å². The maximum atomic E-state index is 12.6. The summed E-state index contributed by atoms with van der Waals surface area (Å²) in [5.74, 6) is 0.643. The second-order valence-electron chi connectivity index (χ2n) is 8.32. The molecule has 1 aliphatic rings. The summed E-state index contributed by atoms with van der Waals surface area (Å²) in [7, 11) is 0. The quantitative estimate of drug-likeness (QED) is 0.272. The molecule has 1 amide bonds. The Bertz CT molecular complexity index is 1300. The molecule has 0 saturated carbocycles. The van der Waals surface area contributed by atoms with Crippen LogP contribution in [0.15, 0.2) is 73.3 Å². The summed E-state index contributed by atoms with van der Waals surface area (Å²) in [5.41, 5.74) is 2.05. The Labute approximate surface area is 206 Å². The summed E-state index contributed by atoms with van der Waals surface area (Å²) in [6.45, 7) is -0.120. The Kier molecular flexibility index (Phi) is 7.03. The van der Waals surface area contributed by atoms with Gasteiger partial charge in [-0.25, -0.2) is 15.0 Å². The number of nitrogens with one attached hydrogen (secondary N) is 2. The molecule has 4 aromatic rings. The molecule has 5 rings (SSSR count). The fourth-order valence-electron chi connectivity index (χ4n) is 4.13. The first-order valence-corrected chi connectivity index (χ1v) is 11.5. The van der Waals surface area contributed by atoms with E-state index in [0.29, 0.717) is 29.3 Å². The van der Waals surface area contributed by atoms with Gasteiger partial charge in [0.1, 0.15) is 30.3 Å². The molecule has 11 nitrogen and oxygen atoms in total. The first kappa shape index (κ1) is 23.7.